The number of carbonyl (C=O) groups excluding carboxylic acids is 1. The van der Waals surface area contributed by atoms with Crippen LogP contribution in [0.5, 0.6) is 0 Å². The van der Waals surface area contributed by atoms with Gasteiger partial charge in [-0.1, -0.05) is 29.8 Å². The number of likely N-dealkylation sites (tertiary alicyclic amines) is 1. The third-order valence-corrected chi connectivity index (χ3v) is 3.81. The Balaban J connectivity index is 0.00000220. The summed E-state index contributed by atoms with van der Waals surface area (Å²) < 4.78 is 0. The number of benzene rings is 1. The molecule has 1 saturated heterocycles. The summed E-state index contributed by atoms with van der Waals surface area (Å²) >= 11 is 0. The summed E-state index contributed by atoms with van der Waals surface area (Å²) in [6.07, 6.45) is 2.08. The fourth-order valence-electron chi connectivity index (χ4n) is 2.82. The maximum atomic E-state index is 12.0. The van der Waals surface area contributed by atoms with Crippen molar-refractivity contribution in [2.75, 3.05) is 26.2 Å². The van der Waals surface area contributed by atoms with Crippen molar-refractivity contribution in [3.8, 4) is 0 Å². The Morgan fingerprint density at radius 1 is 1.48 bits per heavy atom. The molecule has 0 aliphatic carbocycles. The fourth-order valence-corrected chi connectivity index (χ4v) is 2.82. The monoisotopic (exact) mass is 311 g/mol. The van der Waals surface area contributed by atoms with Crippen molar-refractivity contribution in [2.24, 2.45) is 11.7 Å². The van der Waals surface area contributed by atoms with Gasteiger partial charge in [0.15, 0.2) is 0 Å². The molecule has 1 aliphatic heterocycles. The predicted molar refractivity (Wildman–Crippen MR) is 88.5 cm³/mol. The molecule has 2 rings (SSSR count). The standard InChI is InChI=1S/C16H25N3O.ClH/c1-13-4-2-5-14(10-13)11-19-9-3-6-15(12-19)16(20)18-8-7-17;/h2,4-5,10,15H,3,6-9,11-12,17H2,1H3,(H,18,20);1H. The number of amides is 1. The van der Waals surface area contributed by atoms with Crippen molar-refractivity contribution in [1.29, 1.82) is 0 Å². The van der Waals surface area contributed by atoms with Crippen LogP contribution in [0.1, 0.15) is 24.0 Å². The Morgan fingerprint density at radius 3 is 3.00 bits per heavy atom. The van der Waals surface area contributed by atoms with Crippen molar-refractivity contribution < 1.29 is 4.79 Å². The SMILES string of the molecule is Cc1cccc(CN2CCCC(C(=O)NCCN)C2)c1.Cl. The lowest BCUT2D eigenvalue weighted by molar-refractivity contribution is -0.126. The second-order valence-corrected chi connectivity index (χ2v) is 5.64. The van der Waals surface area contributed by atoms with Gasteiger partial charge in [-0.15, -0.1) is 12.4 Å². The van der Waals surface area contributed by atoms with Crippen LogP contribution in [0, 0.1) is 12.8 Å². The van der Waals surface area contributed by atoms with Crippen LogP contribution in [-0.4, -0.2) is 37.0 Å². The third-order valence-electron chi connectivity index (χ3n) is 3.81. The van der Waals surface area contributed by atoms with Gasteiger partial charge in [-0.3, -0.25) is 9.69 Å². The largest absolute Gasteiger partial charge is 0.355 e. The van der Waals surface area contributed by atoms with E-state index in [9.17, 15) is 4.79 Å². The first kappa shape index (κ1) is 18.0. The lowest BCUT2D eigenvalue weighted by Crippen LogP contribution is -2.43. The van der Waals surface area contributed by atoms with E-state index in [0.717, 1.165) is 32.5 Å². The number of aryl methyl sites for hydroxylation is 1. The van der Waals surface area contributed by atoms with Crippen molar-refractivity contribution in [3.63, 3.8) is 0 Å². The van der Waals surface area contributed by atoms with Crippen LogP contribution in [-0.2, 0) is 11.3 Å². The smallest absolute Gasteiger partial charge is 0.224 e. The molecule has 1 unspecified atom stereocenters. The molecule has 1 atom stereocenters. The molecule has 1 aromatic rings. The summed E-state index contributed by atoms with van der Waals surface area (Å²) in [7, 11) is 0. The van der Waals surface area contributed by atoms with Gasteiger partial charge >= 0.3 is 0 Å². The molecule has 21 heavy (non-hydrogen) atoms. The highest BCUT2D eigenvalue weighted by Crippen LogP contribution is 2.19. The van der Waals surface area contributed by atoms with E-state index in [0.29, 0.717) is 13.1 Å². The van der Waals surface area contributed by atoms with Gasteiger partial charge in [-0.2, -0.15) is 0 Å². The minimum absolute atomic E-state index is 0. The van der Waals surface area contributed by atoms with Gasteiger partial charge in [-0.25, -0.2) is 0 Å². The molecule has 0 bridgehead atoms. The first-order chi connectivity index (χ1) is 9.69. The summed E-state index contributed by atoms with van der Waals surface area (Å²) in [6, 6.07) is 8.59. The summed E-state index contributed by atoms with van der Waals surface area (Å²) in [4.78, 5) is 14.4. The maximum absolute atomic E-state index is 12.0. The molecule has 1 fully saturated rings. The van der Waals surface area contributed by atoms with Crippen LogP contribution in [0.2, 0.25) is 0 Å². The average Bonchev–Trinajstić information content (AvgIpc) is 2.45. The summed E-state index contributed by atoms with van der Waals surface area (Å²) in [5, 5.41) is 2.90. The summed E-state index contributed by atoms with van der Waals surface area (Å²) in [5.41, 5.74) is 8.04. The van der Waals surface area contributed by atoms with Crippen LogP contribution in [0.3, 0.4) is 0 Å². The molecule has 0 aromatic heterocycles. The van der Waals surface area contributed by atoms with Crippen molar-refractivity contribution >= 4 is 18.3 Å². The van der Waals surface area contributed by atoms with E-state index in [1.54, 1.807) is 0 Å². The van der Waals surface area contributed by atoms with Crippen LogP contribution >= 0.6 is 12.4 Å². The zero-order valence-corrected chi connectivity index (χ0v) is 13.5. The van der Waals surface area contributed by atoms with Gasteiger partial charge in [0, 0.05) is 26.2 Å². The van der Waals surface area contributed by atoms with Gasteiger partial charge in [0.25, 0.3) is 0 Å². The molecule has 5 heteroatoms. The Hall–Kier alpha value is -1.10. The molecule has 0 saturated carbocycles. The van der Waals surface area contributed by atoms with Gasteiger partial charge < -0.3 is 11.1 Å². The second-order valence-electron chi connectivity index (χ2n) is 5.64. The van der Waals surface area contributed by atoms with Gasteiger partial charge in [0.05, 0.1) is 5.92 Å². The molecule has 0 radical (unpaired) electrons. The molecule has 1 amide bonds. The number of hydrogen-bond donors (Lipinski definition) is 2. The quantitative estimate of drug-likeness (QED) is 0.870. The van der Waals surface area contributed by atoms with Crippen LogP contribution in [0.4, 0.5) is 0 Å². The Morgan fingerprint density at radius 2 is 2.29 bits per heavy atom. The molecule has 0 spiro atoms. The minimum Gasteiger partial charge on any atom is -0.355 e. The number of nitrogens with zero attached hydrogens (tertiary/aromatic N) is 1. The topological polar surface area (TPSA) is 58.4 Å². The Kier molecular flexibility index (Phi) is 7.72. The number of carbonyl (C=O) groups is 1. The van der Waals surface area contributed by atoms with E-state index in [1.165, 1.54) is 11.1 Å². The van der Waals surface area contributed by atoms with Crippen LogP contribution < -0.4 is 11.1 Å². The third kappa shape index (κ3) is 5.65. The highest BCUT2D eigenvalue weighted by Gasteiger charge is 2.25. The van der Waals surface area contributed by atoms with Crippen molar-refractivity contribution in [3.05, 3.63) is 35.4 Å². The van der Waals surface area contributed by atoms with Gasteiger partial charge in [0.2, 0.25) is 5.91 Å². The first-order valence-electron chi connectivity index (χ1n) is 7.44. The average molecular weight is 312 g/mol. The number of rotatable bonds is 5. The maximum Gasteiger partial charge on any atom is 0.224 e. The highest BCUT2D eigenvalue weighted by atomic mass is 35.5. The molecule has 3 N–H and O–H groups in total. The first-order valence-corrected chi connectivity index (χ1v) is 7.44. The van der Waals surface area contributed by atoms with E-state index in [4.69, 9.17) is 5.73 Å². The van der Waals surface area contributed by atoms with Crippen LogP contribution in [0.15, 0.2) is 24.3 Å². The number of nitrogens with one attached hydrogen (secondary N) is 1. The van der Waals surface area contributed by atoms with E-state index in [1.807, 2.05) is 0 Å². The molecule has 1 aromatic carbocycles. The highest BCUT2D eigenvalue weighted by molar-refractivity contribution is 5.85. The number of halogens is 1. The van der Waals surface area contributed by atoms with E-state index in [2.05, 4.69) is 41.4 Å². The fraction of sp³-hybridized carbons (Fsp3) is 0.562. The lowest BCUT2D eigenvalue weighted by atomic mass is 9.96. The lowest BCUT2D eigenvalue weighted by Gasteiger charge is -2.32. The van der Waals surface area contributed by atoms with E-state index in [-0.39, 0.29) is 24.2 Å². The molecule has 1 aliphatic rings. The normalized spacial score (nSPS) is 18.9. The van der Waals surface area contributed by atoms with Gasteiger partial charge in [0.1, 0.15) is 0 Å². The van der Waals surface area contributed by atoms with Crippen LogP contribution in [0.25, 0.3) is 0 Å². The van der Waals surface area contributed by atoms with E-state index >= 15 is 0 Å². The zero-order valence-electron chi connectivity index (χ0n) is 12.7. The Labute approximate surface area is 133 Å². The summed E-state index contributed by atoms with van der Waals surface area (Å²) in [5.74, 6) is 0.268. The number of nitrogens with two attached hydrogens (primary N) is 1. The zero-order chi connectivity index (χ0) is 14.4. The van der Waals surface area contributed by atoms with Crippen molar-refractivity contribution in [1.82, 2.24) is 10.2 Å². The predicted octanol–water partition coefficient (Wildman–Crippen LogP) is 1.70. The molecule has 1 heterocycles. The molecule has 4 nitrogen and oxygen atoms in total. The molecular formula is C16H26ClN3O. The Bertz CT molecular complexity index is 453. The van der Waals surface area contributed by atoms with Gasteiger partial charge in [-0.05, 0) is 31.9 Å². The number of piperidine rings is 1. The molecule has 118 valence electrons. The van der Waals surface area contributed by atoms with Crippen molar-refractivity contribution in [2.45, 2.75) is 26.3 Å². The second kappa shape index (κ2) is 9.03. The molecular weight excluding hydrogens is 286 g/mol. The minimum atomic E-state index is 0. The van der Waals surface area contributed by atoms with E-state index < -0.39 is 0 Å². The summed E-state index contributed by atoms with van der Waals surface area (Å²) in [6.45, 7) is 6.06. The number of hydrogen-bond acceptors (Lipinski definition) is 3.